The first-order valence-corrected chi connectivity index (χ1v) is 13.0. The van der Waals surface area contributed by atoms with Crippen LogP contribution in [-0.2, 0) is 11.4 Å². The minimum atomic E-state index is -0.772. The van der Waals surface area contributed by atoms with Gasteiger partial charge in [0.25, 0.3) is 0 Å². The molecule has 0 heterocycles. The molecule has 0 radical (unpaired) electrons. The maximum absolute atomic E-state index is 11.3. The molecule has 0 bridgehead atoms. The molecule has 3 aromatic rings. The summed E-state index contributed by atoms with van der Waals surface area (Å²) in [6.07, 6.45) is 4.59. The molecule has 2 atom stereocenters. The molecule has 0 saturated heterocycles. The fraction of sp³-hybridized carbons (Fsp3) is 0.406. The first kappa shape index (κ1) is 25.8. The monoisotopic (exact) mass is 486 g/mol. The fourth-order valence-electron chi connectivity index (χ4n) is 5.68. The number of carboxylic acid groups (broad SMARTS) is 1. The topological polar surface area (TPSA) is 55.8 Å². The van der Waals surface area contributed by atoms with Crippen molar-refractivity contribution in [1.82, 2.24) is 0 Å². The van der Waals surface area contributed by atoms with Crippen molar-refractivity contribution >= 4 is 5.97 Å². The van der Waals surface area contributed by atoms with Gasteiger partial charge in [0.1, 0.15) is 18.1 Å². The lowest BCUT2D eigenvalue weighted by molar-refractivity contribution is -0.137. The third-order valence-electron chi connectivity index (χ3n) is 7.78. The number of rotatable bonds is 10. The van der Waals surface area contributed by atoms with Crippen LogP contribution in [0.25, 0.3) is 11.1 Å². The van der Waals surface area contributed by atoms with Crippen LogP contribution in [-0.4, -0.2) is 18.2 Å². The van der Waals surface area contributed by atoms with E-state index in [1.807, 2.05) is 37.3 Å². The maximum Gasteiger partial charge on any atom is 0.303 e. The van der Waals surface area contributed by atoms with E-state index in [0.29, 0.717) is 12.5 Å². The highest BCUT2D eigenvalue weighted by molar-refractivity contribution is 5.70. The van der Waals surface area contributed by atoms with Crippen LogP contribution in [0.2, 0.25) is 0 Å². The summed E-state index contributed by atoms with van der Waals surface area (Å²) >= 11 is 0. The molecule has 0 amide bonds. The number of carbonyl (C=O) groups is 1. The third kappa shape index (κ3) is 5.92. The van der Waals surface area contributed by atoms with E-state index in [0.717, 1.165) is 29.0 Å². The highest BCUT2D eigenvalue weighted by Crippen LogP contribution is 2.51. The second-order valence-corrected chi connectivity index (χ2v) is 10.7. The molecule has 1 aliphatic carbocycles. The Morgan fingerprint density at radius 2 is 1.83 bits per heavy atom. The highest BCUT2D eigenvalue weighted by Gasteiger charge is 2.36. The SMILES string of the molecule is CC[C@H](CC(=O)O)c1cccc(OCc2ccc(-c3cccc(OC)c3)c([C@@H]3CCCC3(C)C)c2)c1. The first-order chi connectivity index (χ1) is 17.3. The van der Waals surface area contributed by atoms with E-state index in [9.17, 15) is 9.90 Å². The lowest BCUT2D eigenvalue weighted by atomic mass is 9.75. The van der Waals surface area contributed by atoms with E-state index in [-0.39, 0.29) is 17.8 Å². The lowest BCUT2D eigenvalue weighted by Crippen LogP contribution is -2.16. The first-order valence-electron chi connectivity index (χ1n) is 13.0. The van der Waals surface area contributed by atoms with E-state index in [4.69, 9.17) is 9.47 Å². The molecule has 0 aliphatic heterocycles. The number of hydrogen-bond donors (Lipinski definition) is 1. The molecular formula is C32H38O4. The van der Waals surface area contributed by atoms with Crippen LogP contribution in [0.3, 0.4) is 0 Å². The Hall–Kier alpha value is -3.27. The molecule has 3 aromatic carbocycles. The Morgan fingerprint density at radius 3 is 2.53 bits per heavy atom. The largest absolute Gasteiger partial charge is 0.497 e. The van der Waals surface area contributed by atoms with Gasteiger partial charge in [-0.25, -0.2) is 0 Å². The van der Waals surface area contributed by atoms with E-state index < -0.39 is 5.97 Å². The van der Waals surface area contributed by atoms with Crippen molar-refractivity contribution in [3.05, 3.63) is 83.4 Å². The molecule has 36 heavy (non-hydrogen) atoms. The highest BCUT2D eigenvalue weighted by atomic mass is 16.5. The standard InChI is InChI=1S/C32H38O4/c1-5-23(20-31(33)34)24-9-6-12-27(18-24)36-21-22-14-15-28(25-10-7-11-26(19-25)35-4)29(17-22)30-13-8-16-32(30,2)3/h6-7,9-12,14-15,17-19,23,30H,5,8,13,16,20-21H2,1-4H3,(H,33,34)/t23-,30+/m1/s1. The van der Waals surface area contributed by atoms with Gasteiger partial charge in [-0.2, -0.15) is 0 Å². The summed E-state index contributed by atoms with van der Waals surface area (Å²) in [6.45, 7) is 7.26. The molecule has 0 unspecified atom stereocenters. The summed E-state index contributed by atoms with van der Waals surface area (Å²) in [5.41, 5.74) is 6.23. The van der Waals surface area contributed by atoms with Crippen LogP contribution in [0, 0.1) is 5.41 Å². The fourth-order valence-corrected chi connectivity index (χ4v) is 5.68. The van der Waals surface area contributed by atoms with Gasteiger partial charge < -0.3 is 14.6 Å². The normalized spacial score (nSPS) is 17.5. The molecule has 1 aliphatic rings. The number of hydrogen-bond acceptors (Lipinski definition) is 3. The van der Waals surface area contributed by atoms with Crippen molar-refractivity contribution in [3.8, 4) is 22.6 Å². The average Bonchev–Trinajstić information content (AvgIpc) is 3.24. The Morgan fingerprint density at radius 1 is 1.06 bits per heavy atom. The number of methoxy groups -OCH3 is 1. The van der Waals surface area contributed by atoms with Gasteiger partial charge in [0.05, 0.1) is 13.5 Å². The van der Waals surface area contributed by atoms with E-state index in [2.05, 4.69) is 50.2 Å². The molecular weight excluding hydrogens is 448 g/mol. The Bertz CT molecular complexity index is 1200. The summed E-state index contributed by atoms with van der Waals surface area (Å²) < 4.78 is 11.7. The molecule has 1 N–H and O–H groups in total. The van der Waals surface area contributed by atoms with Crippen molar-refractivity contribution in [1.29, 1.82) is 0 Å². The summed E-state index contributed by atoms with van der Waals surface area (Å²) in [7, 11) is 1.71. The van der Waals surface area contributed by atoms with Gasteiger partial charge in [-0.1, -0.05) is 69.7 Å². The molecule has 190 valence electrons. The zero-order valence-corrected chi connectivity index (χ0v) is 21.9. The summed E-state index contributed by atoms with van der Waals surface area (Å²) in [5.74, 6) is 1.35. The lowest BCUT2D eigenvalue weighted by Gasteiger charge is -2.30. The van der Waals surface area contributed by atoms with Crippen LogP contribution in [0.15, 0.2) is 66.7 Å². The Labute approximate surface area is 215 Å². The van der Waals surface area contributed by atoms with Gasteiger partial charge in [-0.15, -0.1) is 0 Å². The van der Waals surface area contributed by atoms with Crippen molar-refractivity contribution in [2.75, 3.05) is 7.11 Å². The van der Waals surface area contributed by atoms with Gasteiger partial charge in [0.15, 0.2) is 0 Å². The number of carboxylic acids is 1. The number of ether oxygens (including phenoxy) is 2. The third-order valence-corrected chi connectivity index (χ3v) is 7.78. The van der Waals surface area contributed by atoms with E-state index >= 15 is 0 Å². The zero-order chi connectivity index (χ0) is 25.7. The number of benzene rings is 3. The minimum absolute atomic E-state index is 0.00982. The maximum atomic E-state index is 11.3. The van der Waals surface area contributed by atoms with Crippen LogP contribution in [0.4, 0.5) is 0 Å². The Kier molecular flexibility index (Phi) is 8.03. The van der Waals surface area contributed by atoms with Gasteiger partial charge in [-0.05, 0) is 88.6 Å². The van der Waals surface area contributed by atoms with Crippen molar-refractivity contribution in [2.45, 2.75) is 71.3 Å². The quantitative estimate of drug-likeness (QED) is 0.314. The molecule has 4 heteroatoms. The van der Waals surface area contributed by atoms with Gasteiger partial charge in [0.2, 0.25) is 0 Å². The predicted molar refractivity (Wildman–Crippen MR) is 145 cm³/mol. The molecule has 0 aromatic heterocycles. The molecule has 4 rings (SSSR count). The van der Waals surface area contributed by atoms with Gasteiger partial charge in [-0.3, -0.25) is 4.79 Å². The average molecular weight is 487 g/mol. The second-order valence-electron chi connectivity index (χ2n) is 10.7. The predicted octanol–water partition coefficient (Wildman–Crippen LogP) is 8.20. The van der Waals surface area contributed by atoms with Crippen molar-refractivity contribution in [2.24, 2.45) is 5.41 Å². The van der Waals surface area contributed by atoms with Gasteiger partial charge >= 0.3 is 5.97 Å². The molecule has 1 fully saturated rings. The summed E-state index contributed by atoms with van der Waals surface area (Å²) in [6, 6.07) is 22.9. The second kappa shape index (κ2) is 11.2. The van der Waals surface area contributed by atoms with E-state index in [1.165, 1.54) is 36.0 Å². The minimum Gasteiger partial charge on any atom is -0.497 e. The Balaban J connectivity index is 1.61. The summed E-state index contributed by atoms with van der Waals surface area (Å²) in [4.78, 5) is 11.3. The molecule has 0 spiro atoms. The zero-order valence-electron chi connectivity index (χ0n) is 21.9. The van der Waals surface area contributed by atoms with Crippen molar-refractivity contribution in [3.63, 3.8) is 0 Å². The van der Waals surface area contributed by atoms with Crippen LogP contribution < -0.4 is 9.47 Å². The van der Waals surface area contributed by atoms with Gasteiger partial charge in [0, 0.05) is 0 Å². The molecule has 4 nitrogen and oxygen atoms in total. The van der Waals surface area contributed by atoms with Crippen LogP contribution in [0.1, 0.15) is 81.4 Å². The van der Waals surface area contributed by atoms with Crippen molar-refractivity contribution < 1.29 is 19.4 Å². The van der Waals surface area contributed by atoms with Crippen LogP contribution in [0.5, 0.6) is 11.5 Å². The van der Waals surface area contributed by atoms with E-state index in [1.54, 1.807) is 7.11 Å². The summed E-state index contributed by atoms with van der Waals surface area (Å²) in [5, 5.41) is 9.25. The molecule has 1 saturated carbocycles. The smallest absolute Gasteiger partial charge is 0.303 e. The van der Waals surface area contributed by atoms with Crippen LogP contribution >= 0.6 is 0 Å². The number of aliphatic carboxylic acids is 1.